The molecule has 0 aliphatic carbocycles. The molecule has 0 bridgehead atoms. The van der Waals surface area contributed by atoms with Crippen molar-refractivity contribution in [2.45, 2.75) is 39.8 Å². The summed E-state index contributed by atoms with van der Waals surface area (Å²) >= 11 is 0. The highest BCUT2D eigenvalue weighted by Gasteiger charge is 2.51. The molecule has 4 N–H and O–H groups in total. The Morgan fingerprint density at radius 2 is 2.20 bits per heavy atom. The van der Waals surface area contributed by atoms with Crippen LogP contribution < -0.4 is 11.3 Å². The molecule has 1 aliphatic heterocycles. The molecular weight excluding hydrogens is 196 g/mol. The van der Waals surface area contributed by atoms with Crippen LogP contribution in [0.25, 0.3) is 0 Å². The third-order valence-electron chi connectivity index (χ3n) is 2.64. The van der Waals surface area contributed by atoms with Gasteiger partial charge in [0.1, 0.15) is 0 Å². The molecule has 2 amide bonds. The maximum atomic E-state index is 11.4. The van der Waals surface area contributed by atoms with E-state index in [9.17, 15) is 9.90 Å². The van der Waals surface area contributed by atoms with Gasteiger partial charge in [0.15, 0.2) is 5.72 Å². The quantitative estimate of drug-likeness (QED) is 0.309. The summed E-state index contributed by atoms with van der Waals surface area (Å²) in [6.45, 7) is 7.30. The molecule has 1 aliphatic rings. The minimum atomic E-state index is -1.32. The Bertz CT molecular complexity index is 308. The third-order valence-corrected chi connectivity index (χ3v) is 2.64. The molecule has 6 nitrogen and oxygen atoms in total. The first kappa shape index (κ1) is 11.9. The Labute approximate surface area is 89.1 Å². The van der Waals surface area contributed by atoms with Crippen LogP contribution >= 0.6 is 0 Å². The maximum Gasteiger partial charge on any atom is 0.354 e. The Hall–Kier alpha value is -1.14. The maximum absolute atomic E-state index is 11.4. The van der Waals surface area contributed by atoms with E-state index in [0.717, 1.165) is 5.01 Å². The Balaban J connectivity index is 3.07. The number of carbonyl (C=O) groups excluding carboxylic acids is 1. The van der Waals surface area contributed by atoms with Crippen molar-refractivity contribution in [3.8, 4) is 0 Å². The number of amides is 2. The van der Waals surface area contributed by atoms with E-state index < -0.39 is 17.2 Å². The van der Waals surface area contributed by atoms with Crippen molar-refractivity contribution >= 4 is 11.7 Å². The average molecular weight is 214 g/mol. The third kappa shape index (κ3) is 1.82. The lowest BCUT2D eigenvalue weighted by Crippen LogP contribution is -2.58. The SMILES string of the molecule is CC1=NN(C(=O)NN)C(O)(C(C)(C)C)C1. The van der Waals surface area contributed by atoms with Crippen molar-refractivity contribution in [1.29, 1.82) is 0 Å². The van der Waals surface area contributed by atoms with E-state index in [4.69, 9.17) is 5.84 Å². The second kappa shape index (κ2) is 3.46. The number of nitrogens with zero attached hydrogens (tertiary/aromatic N) is 2. The van der Waals surface area contributed by atoms with Gasteiger partial charge in [-0.1, -0.05) is 20.8 Å². The van der Waals surface area contributed by atoms with Crippen LogP contribution in [0.3, 0.4) is 0 Å². The molecule has 1 rings (SSSR count). The van der Waals surface area contributed by atoms with Crippen LogP contribution in [0.4, 0.5) is 4.79 Å². The van der Waals surface area contributed by atoms with Crippen molar-refractivity contribution in [3.63, 3.8) is 0 Å². The Morgan fingerprint density at radius 1 is 1.67 bits per heavy atom. The molecule has 0 aromatic heterocycles. The standard InChI is InChI=1S/C9H18N4O2/c1-6-5-9(15,8(2,3)4)13(12-6)7(14)11-10/h15H,5,10H2,1-4H3,(H,11,14). The highest BCUT2D eigenvalue weighted by molar-refractivity contribution is 5.88. The first-order valence-electron chi connectivity index (χ1n) is 4.79. The minimum Gasteiger partial charge on any atom is -0.368 e. The summed E-state index contributed by atoms with van der Waals surface area (Å²) < 4.78 is 0. The van der Waals surface area contributed by atoms with Crippen LogP contribution in [0, 0.1) is 5.41 Å². The van der Waals surface area contributed by atoms with E-state index >= 15 is 0 Å². The lowest BCUT2D eigenvalue weighted by molar-refractivity contribution is -0.140. The van der Waals surface area contributed by atoms with E-state index in [1.165, 1.54) is 0 Å². The van der Waals surface area contributed by atoms with E-state index in [-0.39, 0.29) is 0 Å². The summed E-state index contributed by atoms with van der Waals surface area (Å²) in [5.41, 5.74) is 0.861. The van der Waals surface area contributed by atoms with E-state index in [2.05, 4.69) is 5.10 Å². The predicted octanol–water partition coefficient (Wildman–Crippen LogP) is 0.386. The molecule has 86 valence electrons. The number of carbonyl (C=O) groups is 1. The highest BCUT2D eigenvalue weighted by Crippen LogP contribution is 2.40. The lowest BCUT2D eigenvalue weighted by Gasteiger charge is -2.41. The molecule has 0 aromatic rings. The van der Waals surface area contributed by atoms with Crippen molar-refractivity contribution in [3.05, 3.63) is 0 Å². The molecule has 0 saturated carbocycles. The summed E-state index contributed by atoms with van der Waals surface area (Å²) in [7, 11) is 0. The Kier molecular flexibility index (Phi) is 2.75. The zero-order valence-corrected chi connectivity index (χ0v) is 9.53. The molecule has 0 radical (unpaired) electrons. The summed E-state index contributed by atoms with van der Waals surface area (Å²) in [6, 6.07) is -0.607. The fraction of sp³-hybridized carbons (Fsp3) is 0.778. The van der Waals surface area contributed by atoms with Crippen LogP contribution in [0.5, 0.6) is 0 Å². The average Bonchev–Trinajstić information content (AvgIpc) is 2.40. The van der Waals surface area contributed by atoms with Crippen molar-refractivity contribution in [2.75, 3.05) is 0 Å². The van der Waals surface area contributed by atoms with Crippen LogP contribution in [0.2, 0.25) is 0 Å². The van der Waals surface area contributed by atoms with Gasteiger partial charge in [0.25, 0.3) is 0 Å². The smallest absolute Gasteiger partial charge is 0.354 e. The van der Waals surface area contributed by atoms with E-state index in [1.54, 1.807) is 6.92 Å². The summed E-state index contributed by atoms with van der Waals surface area (Å²) in [5.74, 6) is 5.04. The monoisotopic (exact) mass is 214 g/mol. The van der Waals surface area contributed by atoms with Gasteiger partial charge in [-0.25, -0.2) is 10.6 Å². The molecule has 1 unspecified atom stereocenters. The van der Waals surface area contributed by atoms with Gasteiger partial charge in [0, 0.05) is 17.5 Å². The van der Waals surface area contributed by atoms with Gasteiger partial charge in [-0.2, -0.15) is 10.1 Å². The summed E-state index contributed by atoms with van der Waals surface area (Å²) in [4.78, 5) is 11.4. The molecule has 0 saturated heterocycles. The predicted molar refractivity (Wildman–Crippen MR) is 56.7 cm³/mol. The van der Waals surface area contributed by atoms with Crippen molar-refractivity contribution < 1.29 is 9.90 Å². The second-order valence-corrected chi connectivity index (χ2v) is 4.84. The molecular formula is C9H18N4O2. The zero-order chi connectivity index (χ0) is 11.9. The van der Waals surface area contributed by atoms with Gasteiger partial charge >= 0.3 is 6.03 Å². The largest absolute Gasteiger partial charge is 0.368 e. The first-order valence-corrected chi connectivity index (χ1v) is 4.79. The van der Waals surface area contributed by atoms with Gasteiger partial charge in [-0.05, 0) is 6.92 Å². The van der Waals surface area contributed by atoms with Gasteiger partial charge < -0.3 is 5.11 Å². The Morgan fingerprint density at radius 3 is 2.60 bits per heavy atom. The lowest BCUT2D eigenvalue weighted by atomic mass is 9.80. The zero-order valence-electron chi connectivity index (χ0n) is 9.53. The van der Waals surface area contributed by atoms with Crippen LogP contribution in [-0.2, 0) is 0 Å². The van der Waals surface area contributed by atoms with Crippen molar-refractivity contribution in [1.82, 2.24) is 10.4 Å². The molecule has 6 heteroatoms. The summed E-state index contributed by atoms with van der Waals surface area (Å²) in [6.07, 6.45) is 0.337. The highest BCUT2D eigenvalue weighted by atomic mass is 16.3. The van der Waals surface area contributed by atoms with Gasteiger partial charge in [0.2, 0.25) is 0 Å². The van der Waals surface area contributed by atoms with Crippen molar-refractivity contribution in [2.24, 2.45) is 16.4 Å². The molecule has 0 fully saturated rings. The van der Waals surface area contributed by atoms with Crippen LogP contribution in [0.1, 0.15) is 34.1 Å². The molecule has 15 heavy (non-hydrogen) atoms. The molecule has 0 spiro atoms. The number of hydrogen-bond acceptors (Lipinski definition) is 4. The number of hydrazone groups is 1. The first-order chi connectivity index (χ1) is 6.72. The fourth-order valence-corrected chi connectivity index (χ4v) is 1.58. The normalized spacial score (nSPS) is 26.5. The van der Waals surface area contributed by atoms with Crippen LogP contribution in [0.15, 0.2) is 5.10 Å². The van der Waals surface area contributed by atoms with E-state index in [0.29, 0.717) is 12.1 Å². The number of nitrogens with one attached hydrogen (secondary N) is 1. The number of urea groups is 1. The molecule has 1 heterocycles. The van der Waals surface area contributed by atoms with E-state index in [1.807, 2.05) is 26.2 Å². The van der Waals surface area contributed by atoms with Gasteiger partial charge in [-0.15, -0.1) is 0 Å². The second-order valence-electron chi connectivity index (χ2n) is 4.84. The summed E-state index contributed by atoms with van der Waals surface area (Å²) in [5, 5.41) is 15.5. The number of rotatable bonds is 0. The number of hydrogen-bond donors (Lipinski definition) is 3. The van der Waals surface area contributed by atoms with Crippen LogP contribution in [-0.4, -0.2) is 27.6 Å². The minimum absolute atomic E-state index is 0.337. The van der Waals surface area contributed by atoms with Gasteiger partial charge in [-0.3, -0.25) is 5.43 Å². The molecule has 1 atom stereocenters. The number of nitrogens with two attached hydrogens (primary N) is 1. The van der Waals surface area contributed by atoms with Gasteiger partial charge in [0.05, 0.1) is 0 Å². The number of aliphatic hydroxyl groups is 1. The fourth-order valence-electron chi connectivity index (χ4n) is 1.58. The number of hydrazine groups is 1. The molecule has 0 aromatic carbocycles. The topological polar surface area (TPSA) is 91.0 Å².